The zero-order chi connectivity index (χ0) is 17.0. The number of hydrogen-bond acceptors (Lipinski definition) is 6. The first-order valence-corrected chi connectivity index (χ1v) is 14.2. The summed E-state index contributed by atoms with van der Waals surface area (Å²) in [6, 6.07) is 0. The molecule has 0 aliphatic carbocycles. The van der Waals surface area contributed by atoms with E-state index in [0.717, 1.165) is 26.2 Å². The molecule has 5 unspecified atom stereocenters. The fraction of sp³-hybridized carbons (Fsp3) is 1.00. The Labute approximate surface area is 151 Å². The maximum atomic E-state index is 6.41. The molecule has 0 N–H and O–H groups in total. The van der Waals surface area contributed by atoms with Gasteiger partial charge in [0.05, 0.1) is 0 Å². The fourth-order valence-corrected chi connectivity index (χ4v) is 6.97. The maximum absolute atomic E-state index is 6.41. The number of morpholine rings is 2. The van der Waals surface area contributed by atoms with E-state index < -0.39 is 5.27 Å². The molecule has 6 nitrogen and oxygen atoms in total. The summed E-state index contributed by atoms with van der Waals surface area (Å²) in [6.45, 7) is 11.7. The molecule has 2 aliphatic heterocycles. The van der Waals surface area contributed by atoms with Crippen molar-refractivity contribution in [2.75, 3.05) is 60.2 Å². The van der Waals surface area contributed by atoms with Gasteiger partial charge in [0.25, 0.3) is 0 Å². The van der Waals surface area contributed by atoms with Gasteiger partial charge in [-0.2, -0.15) is 0 Å². The number of likely N-dealkylation sites (N-methyl/N-ethyl adjacent to an activating group) is 1. The molecule has 2 fully saturated rings. The van der Waals surface area contributed by atoms with Gasteiger partial charge in [-0.25, -0.2) is 0 Å². The summed E-state index contributed by atoms with van der Waals surface area (Å²) < 4.78 is 26.1. The van der Waals surface area contributed by atoms with Crippen LogP contribution in [0.1, 0.15) is 13.8 Å². The Kier molecular flexibility index (Phi) is 7.90. The Bertz CT molecular complexity index is 418. The second kappa shape index (κ2) is 9.00. The van der Waals surface area contributed by atoms with E-state index in [9.17, 15) is 0 Å². The summed E-state index contributed by atoms with van der Waals surface area (Å²) in [7, 11) is 3.88. The average molecular weight is 518 g/mol. The molecule has 0 bridgehead atoms. The first kappa shape index (κ1) is 20.2. The van der Waals surface area contributed by atoms with Crippen LogP contribution in [-0.4, -0.2) is 94.2 Å². The van der Waals surface area contributed by atoms with Gasteiger partial charge in [0.1, 0.15) is 0 Å². The SMILES string of the molecule is COCC1CN([P](C)(=[W])OCC2CN(C)CC(C)O2)CC(C)O1. The van der Waals surface area contributed by atoms with E-state index in [-0.39, 0.29) is 24.4 Å². The zero-order valence-corrected chi connectivity index (χ0v) is 18.8. The molecule has 136 valence electrons. The van der Waals surface area contributed by atoms with Crippen molar-refractivity contribution in [1.29, 1.82) is 0 Å². The first-order chi connectivity index (χ1) is 10.8. The van der Waals surface area contributed by atoms with Gasteiger partial charge in [-0.1, -0.05) is 0 Å². The average Bonchev–Trinajstić information content (AvgIpc) is 2.44. The molecule has 23 heavy (non-hydrogen) atoms. The van der Waals surface area contributed by atoms with E-state index in [0.29, 0.717) is 13.2 Å². The molecular weight excluding hydrogens is 487 g/mol. The molecule has 0 aromatic carbocycles. The van der Waals surface area contributed by atoms with Crippen molar-refractivity contribution in [3.8, 4) is 0 Å². The van der Waals surface area contributed by atoms with Gasteiger partial charge in [-0.05, 0) is 0 Å². The van der Waals surface area contributed by atoms with Crippen molar-refractivity contribution >= 4 is 5.27 Å². The van der Waals surface area contributed by atoms with Crippen molar-refractivity contribution < 1.29 is 37.5 Å². The summed E-state index contributed by atoms with van der Waals surface area (Å²) in [5.41, 5.74) is 0. The van der Waals surface area contributed by atoms with Crippen molar-refractivity contribution in [2.45, 2.75) is 38.3 Å². The van der Waals surface area contributed by atoms with Gasteiger partial charge >= 0.3 is 151 Å². The van der Waals surface area contributed by atoms with Crippen LogP contribution in [0.15, 0.2) is 0 Å². The predicted molar refractivity (Wildman–Crippen MR) is 88.4 cm³/mol. The third-order valence-corrected chi connectivity index (χ3v) is 9.79. The van der Waals surface area contributed by atoms with E-state index in [2.05, 4.69) is 37.1 Å². The normalized spacial score (nSPS) is 36.7. The van der Waals surface area contributed by atoms with Gasteiger partial charge in [0.15, 0.2) is 0 Å². The standard InChI is InChI=1S/C15H31N2O4P.W/c1-12-6-16(3)8-14(20-12)11-19-22(5)17-7-13(2)21-15(9-17)10-18-4;/h12-15H,6-11H2,1-5H3;. The Morgan fingerprint density at radius 3 is 2.26 bits per heavy atom. The second-order valence-corrected chi connectivity index (χ2v) is 16.5. The van der Waals surface area contributed by atoms with E-state index >= 15 is 0 Å². The van der Waals surface area contributed by atoms with Crippen LogP contribution in [0.2, 0.25) is 0 Å². The molecule has 2 rings (SSSR count). The number of methoxy groups -OCH3 is 1. The molecule has 0 radical (unpaired) electrons. The van der Waals surface area contributed by atoms with Crippen LogP contribution in [0.3, 0.4) is 0 Å². The van der Waals surface area contributed by atoms with E-state index in [1.165, 1.54) is 18.8 Å². The predicted octanol–water partition coefficient (Wildman–Crippen LogP) is 1.40. The van der Waals surface area contributed by atoms with Crippen LogP contribution in [0.4, 0.5) is 0 Å². The van der Waals surface area contributed by atoms with Crippen LogP contribution < -0.4 is 0 Å². The van der Waals surface area contributed by atoms with Gasteiger partial charge in [-0.3, -0.25) is 0 Å². The minimum atomic E-state index is -1.54. The molecular formula is C15H31N2O4PW. The number of rotatable bonds is 6. The third kappa shape index (κ3) is 6.27. The summed E-state index contributed by atoms with van der Waals surface area (Å²) in [5.74, 6) is 0. The molecule has 0 aromatic heterocycles. The Hall–Kier alpha value is 0.878. The Balaban J connectivity index is 1.88. The Morgan fingerprint density at radius 1 is 1.04 bits per heavy atom. The Morgan fingerprint density at radius 2 is 1.65 bits per heavy atom. The summed E-state index contributed by atoms with van der Waals surface area (Å²) in [5, 5.41) is -1.54. The van der Waals surface area contributed by atoms with Gasteiger partial charge in [0.2, 0.25) is 0 Å². The minimum absolute atomic E-state index is 0.142. The molecule has 0 spiro atoms. The monoisotopic (exact) mass is 518 g/mol. The topological polar surface area (TPSA) is 43.4 Å². The van der Waals surface area contributed by atoms with Gasteiger partial charge in [0, 0.05) is 0 Å². The van der Waals surface area contributed by atoms with E-state index in [4.69, 9.17) is 18.7 Å². The van der Waals surface area contributed by atoms with Crippen molar-refractivity contribution in [3.05, 3.63) is 0 Å². The van der Waals surface area contributed by atoms with Crippen LogP contribution >= 0.6 is 5.27 Å². The summed E-state index contributed by atoms with van der Waals surface area (Å²) in [4.78, 5) is 2.33. The number of ether oxygens (including phenoxy) is 3. The summed E-state index contributed by atoms with van der Waals surface area (Å²) >= 11 is 1.52. The molecule has 2 saturated heterocycles. The molecule has 8 heteroatoms. The van der Waals surface area contributed by atoms with Gasteiger partial charge < -0.3 is 0 Å². The van der Waals surface area contributed by atoms with Crippen LogP contribution in [0.5, 0.6) is 0 Å². The van der Waals surface area contributed by atoms with Crippen LogP contribution in [0.25, 0.3) is 0 Å². The third-order valence-electron chi connectivity index (χ3n) is 4.18. The first-order valence-electron chi connectivity index (χ1n) is 8.26. The van der Waals surface area contributed by atoms with Crippen LogP contribution in [-0.2, 0) is 37.5 Å². The molecule has 0 saturated carbocycles. The number of nitrogens with zero attached hydrogens (tertiary/aromatic N) is 2. The molecule has 2 aliphatic rings. The van der Waals surface area contributed by atoms with Crippen molar-refractivity contribution in [1.82, 2.24) is 9.57 Å². The molecule has 5 atom stereocenters. The van der Waals surface area contributed by atoms with Gasteiger partial charge in [-0.15, -0.1) is 0 Å². The van der Waals surface area contributed by atoms with E-state index in [1.54, 1.807) is 7.11 Å². The fourth-order valence-electron chi connectivity index (χ4n) is 3.27. The number of hydrogen-bond donors (Lipinski definition) is 0. The summed E-state index contributed by atoms with van der Waals surface area (Å²) in [6.07, 6.45) is 0.827. The molecule has 0 amide bonds. The zero-order valence-electron chi connectivity index (χ0n) is 14.9. The van der Waals surface area contributed by atoms with Crippen molar-refractivity contribution in [2.24, 2.45) is 0 Å². The quantitative estimate of drug-likeness (QED) is 0.496. The van der Waals surface area contributed by atoms with Crippen LogP contribution in [0, 0.1) is 0 Å². The molecule has 2 heterocycles. The van der Waals surface area contributed by atoms with E-state index in [1.807, 2.05) is 0 Å². The van der Waals surface area contributed by atoms with Crippen molar-refractivity contribution in [3.63, 3.8) is 0 Å². The second-order valence-electron chi connectivity index (χ2n) is 6.78. The molecule has 0 aromatic rings.